The van der Waals surface area contributed by atoms with Gasteiger partial charge in [0.15, 0.2) is 0 Å². The van der Waals surface area contributed by atoms with Crippen molar-refractivity contribution >= 4 is 55.0 Å². The number of hydrogen-bond acceptors (Lipinski definition) is 5. The number of nitrogens with zero attached hydrogens (tertiary/aromatic N) is 2. The Balaban J connectivity index is 1.94. The fourth-order valence-corrected chi connectivity index (χ4v) is 4.67. The lowest BCUT2D eigenvalue weighted by Crippen LogP contribution is -2.16. The quantitative estimate of drug-likeness (QED) is 0.500. The van der Waals surface area contributed by atoms with E-state index in [0.29, 0.717) is 16.4 Å². The summed E-state index contributed by atoms with van der Waals surface area (Å²) in [5.41, 5.74) is 1.56. The summed E-state index contributed by atoms with van der Waals surface area (Å²) in [5, 5.41) is 13.2. The third kappa shape index (κ3) is 2.39. The van der Waals surface area contributed by atoms with Gasteiger partial charge < -0.3 is 5.41 Å². The van der Waals surface area contributed by atoms with Gasteiger partial charge in [0.05, 0.1) is 26.4 Å². The topological polar surface area (TPSA) is 74.5 Å². The van der Waals surface area contributed by atoms with Gasteiger partial charge in [-0.15, -0.1) is 11.3 Å². The molecule has 0 amide bonds. The van der Waals surface area contributed by atoms with Crippen LogP contribution < -0.4 is 5.56 Å². The van der Waals surface area contributed by atoms with E-state index in [1.165, 1.54) is 27.4 Å². The largest absolute Gasteiger partial charge is 0.308 e. The van der Waals surface area contributed by atoms with Crippen molar-refractivity contribution in [3.05, 3.63) is 56.1 Å². The van der Waals surface area contributed by atoms with E-state index < -0.39 is 0 Å². The molecule has 8 heteroatoms. The number of aromatic nitrogens is 3. The van der Waals surface area contributed by atoms with Gasteiger partial charge in [0.25, 0.3) is 5.56 Å². The van der Waals surface area contributed by atoms with Crippen molar-refractivity contribution in [2.45, 2.75) is 0 Å². The van der Waals surface area contributed by atoms with Gasteiger partial charge in [-0.1, -0.05) is 23.5 Å². The van der Waals surface area contributed by atoms with Crippen molar-refractivity contribution < 1.29 is 0 Å². The van der Waals surface area contributed by atoms with Crippen LogP contribution in [0.3, 0.4) is 0 Å². The second-order valence-electron chi connectivity index (χ2n) is 4.78. The molecule has 0 fully saturated rings. The average Bonchev–Trinajstić information content (AvgIpc) is 3.23. The van der Waals surface area contributed by atoms with Crippen LogP contribution >= 0.6 is 38.6 Å². The molecule has 0 saturated carbocycles. The summed E-state index contributed by atoms with van der Waals surface area (Å²) in [6, 6.07) is 9.67. The van der Waals surface area contributed by atoms with Crippen LogP contribution in [0.1, 0.15) is 5.56 Å². The Kier molecular flexibility index (Phi) is 3.51. The first-order chi connectivity index (χ1) is 11.2. The normalized spacial score (nSPS) is 11.2. The Morgan fingerprint density at radius 2 is 2.17 bits per heavy atom. The molecule has 23 heavy (non-hydrogen) atoms. The number of aromatic amines is 1. The van der Waals surface area contributed by atoms with E-state index in [9.17, 15) is 4.79 Å². The summed E-state index contributed by atoms with van der Waals surface area (Å²) in [7, 11) is 0. The van der Waals surface area contributed by atoms with Gasteiger partial charge in [0.1, 0.15) is 0 Å². The maximum absolute atomic E-state index is 12.6. The van der Waals surface area contributed by atoms with E-state index in [1.807, 2.05) is 35.7 Å². The highest BCUT2D eigenvalue weighted by atomic mass is 79.9. The number of nitrogens with one attached hydrogen (secondary N) is 2. The van der Waals surface area contributed by atoms with Gasteiger partial charge in [-0.2, -0.15) is 4.68 Å². The molecule has 0 radical (unpaired) electrons. The summed E-state index contributed by atoms with van der Waals surface area (Å²) in [4.78, 5) is 18.0. The number of thiazole rings is 1. The van der Waals surface area contributed by atoms with Crippen LogP contribution in [0.15, 0.2) is 45.0 Å². The van der Waals surface area contributed by atoms with Crippen LogP contribution in [-0.4, -0.2) is 21.0 Å². The van der Waals surface area contributed by atoms with Gasteiger partial charge in [0, 0.05) is 16.1 Å². The van der Waals surface area contributed by atoms with Crippen molar-refractivity contribution in [3.8, 4) is 15.7 Å². The number of fused-ring (bicyclic) bond motifs is 1. The van der Waals surface area contributed by atoms with Crippen LogP contribution in [0.25, 0.3) is 25.9 Å². The fraction of sp³-hybridized carbons (Fsp3) is 0. The molecule has 0 aliphatic heterocycles. The highest BCUT2D eigenvalue weighted by Crippen LogP contribution is 2.30. The van der Waals surface area contributed by atoms with E-state index in [2.05, 4.69) is 26.0 Å². The second-order valence-corrected chi connectivity index (χ2v) is 7.61. The van der Waals surface area contributed by atoms with Gasteiger partial charge >= 0.3 is 0 Å². The maximum Gasteiger partial charge on any atom is 0.282 e. The predicted octanol–water partition coefficient (Wildman–Crippen LogP) is 4.26. The first-order valence-corrected chi connectivity index (χ1v) is 9.12. The van der Waals surface area contributed by atoms with Crippen molar-refractivity contribution in [3.63, 3.8) is 0 Å². The molecule has 1 aromatic carbocycles. The van der Waals surface area contributed by atoms with Crippen LogP contribution in [0.2, 0.25) is 0 Å². The molecule has 0 aliphatic rings. The van der Waals surface area contributed by atoms with Crippen molar-refractivity contribution in [2.24, 2.45) is 0 Å². The standard InChI is InChI=1S/C15H9BrN4OS2/c16-8-5-12(22-7-8)13-9(6-17)14(21)20(19-13)15-18-10-3-1-2-4-11(10)23-15/h1-7,17,19H. The van der Waals surface area contributed by atoms with Gasteiger partial charge in [-0.25, -0.2) is 4.98 Å². The van der Waals surface area contributed by atoms with Crippen LogP contribution in [0.5, 0.6) is 0 Å². The molecule has 5 nitrogen and oxygen atoms in total. The molecule has 0 atom stereocenters. The number of hydrogen-bond donors (Lipinski definition) is 2. The van der Waals surface area contributed by atoms with E-state index >= 15 is 0 Å². The fourth-order valence-electron chi connectivity index (χ4n) is 2.31. The number of H-pyrrole nitrogens is 1. The summed E-state index contributed by atoms with van der Waals surface area (Å²) < 4.78 is 3.37. The Morgan fingerprint density at radius 3 is 2.87 bits per heavy atom. The first-order valence-electron chi connectivity index (χ1n) is 6.63. The minimum absolute atomic E-state index is 0.265. The highest BCUT2D eigenvalue weighted by Gasteiger charge is 2.18. The summed E-state index contributed by atoms with van der Waals surface area (Å²) in [5.74, 6) is 0. The van der Waals surface area contributed by atoms with Crippen LogP contribution in [0.4, 0.5) is 0 Å². The average molecular weight is 405 g/mol. The van der Waals surface area contributed by atoms with E-state index in [0.717, 1.165) is 25.8 Å². The predicted molar refractivity (Wildman–Crippen MR) is 98.5 cm³/mol. The van der Waals surface area contributed by atoms with E-state index in [1.54, 1.807) is 0 Å². The number of rotatable bonds is 3. The molecule has 4 aromatic rings. The molecule has 114 valence electrons. The lowest BCUT2D eigenvalue weighted by atomic mass is 10.2. The minimum atomic E-state index is -0.265. The maximum atomic E-state index is 12.6. The lowest BCUT2D eigenvalue weighted by molar-refractivity contribution is 0.846. The minimum Gasteiger partial charge on any atom is -0.308 e. The Hall–Kier alpha value is -2.03. The molecular formula is C15H9BrN4OS2. The number of benzene rings is 1. The van der Waals surface area contributed by atoms with Crippen LogP contribution in [0, 0.1) is 5.41 Å². The number of para-hydroxylation sites is 1. The Labute approximate surface area is 146 Å². The Bertz CT molecular complexity index is 1060. The van der Waals surface area contributed by atoms with Gasteiger partial charge in [0.2, 0.25) is 5.13 Å². The SMILES string of the molecule is N=Cc1c(-c2cc(Br)cs2)[nH]n(-c2nc3ccccc3s2)c1=O. The molecular weight excluding hydrogens is 396 g/mol. The summed E-state index contributed by atoms with van der Waals surface area (Å²) >= 11 is 6.35. The molecule has 2 N–H and O–H groups in total. The highest BCUT2D eigenvalue weighted by molar-refractivity contribution is 9.10. The van der Waals surface area contributed by atoms with E-state index in [-0.39, 0.29) is 5.56 Å². The molecule has 0 unspecified atom stereocenters. The molecule has 3 aromatic heterocycles. The smallest absolute Gasteiger partial charge is 0.282 e. The molecule has 0 spiro atoms. The molecule has 0 saturated heterocycles. The van der Waals surface area contributed by atoms with Crippen molar-refractivity contribution in [1.82, 2.24) is 14.8 Å². The number of halogens is 1. The molecule has 3 heterocycles. The lowest BCUT2D eigenvalue weighted by Gasteiger charge is -1.95. The van der Waals surface area contributed by atoms with Crippen LogP contribution in [-0.2, 0) is 0 Å². The number of thiophene rings is 1. The van der Waals surface area contributed by atoms with Gasteiger partial charge in [-0.05, 0) is 34.1 Å². The van der Waals surface area contributed by atoms with E-state index in [4.69, 9.17) is 5.41 Å². The molecule has 4 rings (SSSR count). The first kappa shape index (κ1) is 14.6. The summed E-state index contributed by atoms with van der Waals surface area (Å²) in [6.07, 6.45) is 1.09. The van der Waals surface area contributed by atoms with Crippen molar-refractivity contribution in [1.29, 1.82) is 5.41 Å². The zero-order valence-electron chi connectivity index (χ0n) is 11.5. The second kappa shape index (κ2) is 5.55. The Morgan fingerprint density at radius 1 is 1.35 bits per heavy atom. The third-order valence-corrected chi connectivity index (χ3v) is 6.09. The third-order valence-electron chi connectivity index (χ3n) is 3.36. The zero-order chi connectivity index (χ0) is 16.0. The molecule has 0 aliphatic carbocycles. The zero-order valence-corrected chi connectivity index (χ0v) is 14.8. The van der Waals surface area contributed by atoms with Crippen molar-refractivity contribution in [2.75, 3.05) is 0 Å². The monoisotopic (exact) mass is 404 g/mol. The summed E-state index contributed by atoms with van der Waals surface area (Å²) in [6.45, 7) is 0. The molecule has 0 bridgehead atoms. The van der Waals surface area contributed by atoms with Gasteiger partial charge in [-0.3, -0.25) is 9.89 Å².